The molecule has 2 N–H and O–H groups in total. The number of halogens is 3. The van der Waals surface area contributed by atoms with Gasteiger partial charge in [-0.3, -0.25) is 9.78 Å². The molecule has 0 aliphatic rings. The molecule has 0 fully saturated rings. The second-order valence-corrected chi connectivity index (χ2v) is 4.73. The number of hydrogen-bond acceptors (Lipinski definition) is 3. The lowest BCUT2D eigenvalue weighted by atomic mass is 10.2. The van der Waals surface area contributed by atoms with Crippen LogP contribution in [0.3, 0.4) is 0 Å². The minimum Gasteiger partial charge on any atom is -0.387 e. The fraction of sp³-hybridized carbons (Fsp3) is 0.0769. The first-order valence-electron chi connectivity index (χ1n) is 5.60. The fourth-order valence-corrected chi connectivity index (χ4v) is 1.92. The van der Waals surface area contributed by atoms with Gasteiger partial charge in [0.25, 0.3) is 5.91 Å². The number of carbonyl (C=O) groups is 1. The second kappa shape index (κ2) is 5.96. The lowest BCUT2D eigenvalue weighted by molar-refractivity contribution is 0.102. The van der Waals surface area contributed by atoms with Crippen LogP contribution in [0.2, 0.25) is 0 Å². The van der Waals surface area contributed by atoms with Gasteiger partial charge in [0.05, 0.1) is 15.7 Å². The van der Waals surface area contributed by atoms with E-state index < -0.39 is 17.5 Å². The van der Waals surface area contributed by atoms with E-state index in [2.05, 4.69) is 31.5 Å². The molecule has 1 aromatic carbocycles. The van der Waals surface area contributed by atoms with Crippen molar-refractivity contribution in [1.29, 1.82) is 0 Å². The molecular weight excluding hydrogens is 332 g/mol. The Kier molecular flexibility index (Phi) is 4.29. The molecule has 1 heterocycles. The highest BCUT2D eigenvalue weighted by Gasteiger charge is 2.15. The lowest BCUT2D eigenvalue weighted by Gasteiger charge is -2.10. The summed E-state index contributed by atoms with van der Waals surface area (Å²) in [6.07, 6.45) is 2.86. The first-order chi connectivity index (χ1) is 9.52. The van der Waals surface area contributed by atoms with E-state index in [1.165, 1.54) is 12.4 Å². The summed E-state index contributed by atoms with van der Waals surface area (Å²) in [5.74, 6) is -1.98. The van der Waals surface area contributed by atoms with Crippen LogP contribution < -0.4 is 10.6 Å². The number of hydrogen-bond donors (Lipinski definition) is 2. The number of amides is 1. The Morgan fingerprint density at radius 2 is 2.00 bits per heavy atom. The van der Waals surface area contributed by atoms with Crippen molar-refractivity contribution in [2.45, 2.75) is 0 Å². The Bertz CT molecular complexity index is 664. The van der Waals surface area contributed by atoms with Crippen molar-refractivity contribution in [3.63, 3.8) is 0 Å². The van der Waals surface area contributed by atoms with Gasteiger partial charge in [0.2, 0.25) is 0 Å². The molecule has 0 aliphatic carbocycles. The van der Waals surface area contributed by atoms with E-state index >= 15 is 0 Å². The third-order valence-corrected chi connectivity index (χ3v) is 3.20. The van der Waals surface area contributed by atoms with Crippen molar-refractivity contribution in [3.8, 4) is 0 Å². The number of pyridine rings is 1. The number of aromatic nitrogens is 1. The van der Waals surface area contributed by atoms with Crippen molar-refractivity contribution in [2.75, 3.05) is 17.7 Å². The van der Waals surface area contributed by atoms with Crippen molar-refractivity contribution >= 4 is 33.2 Å². The van der Waals surface area contributed by atoms with Crippen LogP contribution in [0.15, 0.2) is 35.1 Å². The van der Waals surface area contributed by atoms with Gasteiger partial charge in [0.1, 0.15) is 11.6 Å². The SMILES string of the molecule is CNc1ccncc1C(=O)Nc1cc(F)c(Br)cc1F. The van der Waals surface area contributed by atoms with Crippen molar-refractivity contribution < 1.29 is 13.6 Å². The summed E-state index contributed by atoms with van der Waals surface area (Å²) >= 11 is 2.87. The van der Waals surface area contributed by atoms with Crippen molar-refractivity contribution in [1.82, 2.24) is 4.98 Å². The van der Waals surface area contributed by atoms with Gasteiger partial charge in [0.15, 0.2) is 0 Å². The van der Waals surface area contributed by atoms with Gasteiger partial charge in [-0.15, -0.1) is 0 Å². The average Bonchev–Trinajstić information content (AvgIpc) is 2.44. The first kappa shape index (κ1) is 14.4. The van der Waals surface area contributed by atoms with E-state index in [0.29, 0.717) is 5.69 Å². The molecule has 0 spiro atoms. The number of rotatable bonds is 3. The minimum atomic E-state index is -0.735. The number of nitrogens with one attached hydrogen (secondary N) is 2. The van der Waals surface area contributed by atoms with Crippen LogP contribution in [0.1, 0.15) is 10.4 Å². The van der Waals surface area contributed by atoms with Gasteiger partial charge in [-0.1, -0.05) is 0 Å². The Hall–Kier alpha value is -2.02. The highest BCUT2D eigenvalue weighted by Crippen LogP contribution is 2.24. The topological polar surface area (TPSA) is 54.0 Å². The van der Waals surface area contributed by atoms with E-state index in [1.54, 1.807) is 13.1 Å². The predicted molar refractivity (Wildman–Crippen MR) is 75.8 cm³/mol. The monoisotopic (exact) mass is 341 g/mol. The van der Waals surface area contributed by atoms with Gasteiger partial charge in [-0.25, -0.2) is 8.78 Å². The lowest BCUT2D eigenvalue weighted by Crippen LogP contribution is -2.15. The summed E-state index contributed by atoms with van der Waals surface area (Å²) in [4.78, 5) is 15.9. The Balaban J connectivity index is 2.30. The third kappa shape index (κ3) is 2.93. The second-order valence-electron chi connectivity index (χ2n) is 3.87. The molecule has 0 saturated heterocycles. The van der Waals surface area contributed by atoms with Crippen molar-refractivity contribution in [3.05, 3.63) is 52.3 Å². The van der Waals surface area contributed by atoms with Crippen LogP contribution in [0.5, 0.6) is 0 Å². The molecule has 0 bridgehead atoms. The number of benzene rings is 1. The zero-order valence-corrected chi connectivity index (χ0v) is 12.0. The maximum Gasteiger partial charge on any atom is 0.259 e. The van der Waals surface area contributed by atoms with Crippen molar-refractivity contribution in [2.24, 2.45) is 0 Å². The highest BCUT2D eigenvalue weighted by atomic mass is 79.9. The molecule has 0 saturated carbocycles. The fourth-order valence-electron chi connectivity index (χ4n) is 1.60. The molecule has 20 heavy (non-hydrogen) atoms. The van der Waals surface area contributed by atoms with Crippen LogP contribution in [-0.2, 0) is 0 Å². The van der Waals surface area contributed by atoms with Crippen LogP contribution in [0, 0.1) is 11.6 Å². The number of nitrogens with zero attached hydrogens (tertiary/aromatic N) is 1. The molecule has 4 nitrogen and oxygen atoms in total. The molecule has 0 aliphatic heterocycles. The smallest absolute Gasteiger partial charge is 0.259 e. The van der Waals surface area contributed by atoms with Gasteiger partial charge in [-0.2, -0.15) is 0 Å². The van der Waals surface area contributed by atoms with E-state index in [-0.39, 0.29) is 15.7 Å². The highest BCUT2D eigenvalue weighted by molar-refractivity contribution is 9.10. The predicted octanol–water partition coefficient (Wildman–Crippen LogP) is 3.42. The van der Waals surface area contributed by atoms with E-state index in [9.17, 15) is 13.6 Å². The zero-order chi connectivity index (χ0) is 14.7. The number of anilines is 2. The van der Waals surface area contributed by atoms with Crippen LogP contribution in [-0.4, -0.2) is 17.9 Å². The Morgan fingerprint density at radius 3 is 2.70 bits per heavy atom. The summed E-state index contributed by atoms with van der Waals surface area (Å²) in [7, 11) is 1.64. The van der Waals surface area contributed by atoms with E-state index in [4.69, 9.17) is 0 Å². The first-order valence-corrected chi connectivity index (χ1v) is 6.40. The quantitative estimate of drug-likeness (QED) is 0.841. The van der Waals surface area contributed by atoms with Gasteiger partial charge in [-0.05, 0) is 28.1 Å². The van der Waals surface area contributed by atoms with Gasteiger partial charge < -0.3 is 10.6 Å². The summed E-state index contributed by atoms with van der Waals surface area (Å²) in [6.45, 7) is 0. The maximum atomic E-state index is 13.6. The summed E-state index contributed by atoms with van der Waals surface area (Å²) in [5, 5.41) is 5.14. The third-order valence-electron chi connectivity index (χ3n) is 2.59. The molecule has 1 amide bonds. The Labute approximate surface area is 122 Å². The summed E-state index contributed by atoms with van der Waals surface area (Å²) in [6, 6.07) is 3.47. The minimum absolute atomic E-state index is 0.00899. The van der Waals surface area contributed by atoms with E-state index in [0.717, 1.165) is 12.1 Å². The Morgan fingerprint density at radius 1 is 1.25 bits per heavy atom. The molecule has 7 heteroatoms. The molecule has 1 aromatic heterocycles. The average molecular weight is 342 g/mol. The maximum absolute atomic E-state index is 13.6. The van der Waals surface area contributed by atoms with Crippen LogP contribution in [0.4, 0.5) is 20.2 Å². The molecular formula is C13H10BrF2N3O. The molecule has 0 radical (unpaired) electrons. The molecule has 0 unspecified atom stereocenters. The largest absolute Gasteiger partial charge is 0.387 e. The number of carbonyl (C=O) groups excluding carboxylic acids is 1. The van der Waals surface area contributed by atoms with Crippen LogP contribution >= 0.6 is 15.9 Å². The van der Waals surface area contributed by atoms with Gasteiger partial charge in [0, 0.05) is 31.2 Å². The standard InChI is InChI=1S/C13H10BrF2N3O/c1-17-11-2-3-18-6-7(11)13(20)19-12-5-9(15)8(14)4-10(12)16/h2-6H,1H3,(H,17,18)(H,19,20). The van der Waals surface area contributed by atoms with Crippen LogP contribution in [0.25, 0.3) is 0 Å². The molecule has 2 rings (SSSR count). The summed E-state index contributed by atoms with van der Waals surface area (Å²) in [5.41, 5.74) is 0.537. The summed E-state index contributed by atoms with van der Waals surface area (Å²) < 4.78 is 27.0. The molecule has 2 aromatic rings. The van der Waals surface area contributed by atoms with Gasteiger partial charge >= 0.3 is 0 Å². The normalized spacial score (nSPS) is 10.2. The molecule has 104 valence electrons. The zero-order valence-electron chi connectivity index (χ0n) is 10.4. The van der Waals surface area contributed by atoms with E-state index in [1.807, 2.05) is 0 Å². The molecule has 0 atom stereocenters.